The summed E-state index contributed by atoms with van der Waals surface area (Å²) >= 11 is 5.96. The van der Waals surface area contributed by atoms with Gasteiger partial charge >= 0.3 is 0 Å². The number of hydrazine groups is 1. The van der Waals surface area contributed by atoms with Gasteiger partial charge in [-0.15, -0.1) is 0 Å². The normalized spacial score (nSPS) is 10.2. The average Bonchev–Trinajstić information content (AvgIpc) is 2.35. The fraction of sp³-hybridized carbons (Fsp3) is 0.0909. The number of aromatic nitrogens is 2. The van der Waals surface area contributed by atoms with Crippen LogP contribution in [0, 0.1) is 12.7 Å². The molecule has 2 aromatic rings. The molecule has 94 valence electrons. The van der Waals surface area contributed by atoms with E-state index in [9.17, 15) is 4.39 Å². The smallest absolute Gasteiger partial charge is 0.239 e. The number of halogens is 2. The van der Waals surface area contributed by atoms with Gasteiger partial charge in [-0.05, 0) is 30.7 Å². The molecule has 18 heavy (non-hydrogen) atoms. The second-order valence-electron chi connectivity index (χ2n) is 3.62. The van der Waals surface area contributed by atoms with Crippen molar-refractivity contribution in [3.05, 3.63) is 40.8 Å². The van der Waals surface area contributed by atoms with E-state index in [1.165, 1.54) is 18.3 Å². The Bertz CT molecular complexity index is 575. The first-order chi connectivity index (χ1) is 8.60. The lowest BCUT2D eigenvalue weighted by atomic mass is 10.2. The number of nitrogens with two attached hydrogens (primary N) is 1. The van der Waals surface area contributed by atoms with Crippen LogP contribution in [-0.2, 0) is 0 Å². The molecule has 0 spiro atoms. The molecule has 4 N–H and O–H groups in total. The number of aryl methyl sites for hydroxylation is 1. The molecule has 0 bridgehead atoms. The maximum Gasteiger partial charge on any atom is 0.239 e. The van der Waals surface area contributed by atoms with E-state index < -0.39 is 0 Å². The van der Waals surface area contributed by atoms with Gasteiger partial charge in [-0.1, -0.05) is 11.6 Å². The molecule has 0 aliphatic heterocycles. The van der Waals surface area contributed by atoms with Crippen LogP contribution in [0.2, 0.25) is 5.02 Å². The lowest BCUT2D eigenvalue weighted by Gasteiger charge is -2.10. The second kappa shape index (κ2) is 5.16. The molecule has 1 aromatic carbocycles. The Morgan fingerprint density at radius 3 is 2.83 bits per heavy atom. The Morgan fingerprint density at radius 1 is 1.39 bits per heavy atom. The van der Waals surface area contributed by atoms with Gasteiger partial charge in [0.1, 0.15) is 10.8 Å². The highest BCUT2D eigenvalue weighted by Crippen LogP contribution is 2.25. The third-order valence-electron chi connectivity index (χ3n) is 2.31. The minimum Gasteiger partial charge on any atom is -0.339 e. The van der Waals surface area contributed by atoms with E-state index in [0.717, 1.165) is 5.56 Å². The van der Waals surface area contributed by atoms with Crippen molar-refractivity contribution in [2.45, 2.75) is 6.92 Å². The lowest BCUT2D eigenvalue weighted by Crippen LogP contribution is -2.11. The number of hydrogen-bond donors (Lipinski definition) is 3. The summed E-state index contributed by atoms with van der Waals surface area (Å²) in [6.07, 6.45) is 1.42. The zero-order valence-corrected chi connectivity index (χ0v) is 10.3. The van der Waals surface area contributed by atoms with E-state index >= 15 is 0 Å². The van der Waals surface area contributed by atoms with E-state index in [2.05, 4.69) is 20.7 Å². The summed E-state index contributed by atoms with van der Waals surface area (Å²) in [7, 11) is 0. The van der Waals surface area contributed by atoms with Crippen molar-refractivity contribution in [2.24, 2.45) is 5.84 Å². The van der Waals surface area contributed by atoms with Gasteiger partial charge in [-0.2, -0.15) is 4.98 Å². The Morgan fingerprint density at radius 2 is 2.17 bits per heavy atom. The zero-order chi connectivity index (χ0) is 13.1. The van der Waals surface area contributed by atoms with E-state index in [1.807, 2.05) is 0 Å². The van der Waals surface area contributed by atoms with Crippen molar-refractivity contribution >= 4 is 29.1 Å². The lowest BCUT2D eigenvalue weighted by molar-refractivity contribution is 0.627. The fourth-order valence-electron chi connectivity index (χ4n) is 1.42. The minimum atomic E-state index is -0.295. The number of hydrogen-bond acceptors (Lipinski definition) is 5. The molecule has 0 saturated carbocycles. The largest absolute Gasteiger partial charge is 0.339 e. The van der Waals surface area contributed by atoms with Crippen molar-refractivity contribution in [3.63, 3.8) is 0 Å². The van der Waals surface area contributed by atoms with Gasteiger partial charge < -0.3 is 5.32 Å². The zero-order valence-electron chi connectivity index (χ0n) is 9.54. The number of benzene rings is 1. The third kappa shape index (κ3) is 2.66. The number of nitrogens with one attached hydrogen (secondary N) is 2. The van der Waals surface area contributed by atoms with Crippen molar-refractivity contribution < 1.29 is 4.39 Å². The molecular formula is C11H11ClFN5. The Labute approximate surface area is 108 Å². The van der Waals surface area contributed by atoms with Gasteiger partial charge in [0, 0.05) is 5.69 Å². The summed E-state index contributed by atoms with van der Waals surface area (Å²) in [5.41, 5.74) is 3.77. The molecule has 0 saturated heterocycles. The van der Waals surface area contributed by atoms with Gasteiger partial charge in [0.2, 0.25) is 5.95 Å². The van der Waals surface area contributed by atoms with Crippen LogP contribution in [0.4, 0.5) is 21.8 Å². The Hall–Kier alpha value is -1.92. The second-order valence-corrected chi connectivity index (χ2v) is 4.03. The van der Waals surface area contributed by atoms with Gasteiger partial charge in [-0.25, -0.2) is 15.2 Å². The summed E-state index contributed by atoms with van der Waals surface area (Å²) in [6.45, 7) is 1.78. The molecule has 0 aliphatic carbocycles. The average molecular weight is 268 g/mol. The molecule has 5 nitrogen and oxygen atoms in total. The molecule has 1 aromatic heterocycles. The summed E-state index contributed by atoms with van der Waals surface area (Å²) < 4.78 is 13.0. The summed E-state index contributed by atoms with van der Waals surface area (Å²) in [6, 6.07) is 4.38. The van der Waals surface area contributed by atoms with Crippen LogP contribution in [0.5, 0.6) is 0 Å². The summed E-state index contributed by atoms with van der Waals surface area (Å²) in [5, 5.41) is 3.34. The molecule has 0 amide bonds. The van der Waals surface area contributed by atoms with Gasteiger partial charge in [0.05, 0.1) is 6.20 Å². The monoisotopic (exact) mass is 267 g/mol. The number of rotatable bonds is 3. The SMILES string of the molecule is Cc1cc(F)ccc1Nc1nc(NN)ncc1Cl. The minimum absolute atomic E-state index is 0.238. The van der Waals surface area contributed by atoms with Crippen molar-refractivity contribution in [1.29, 1.82) is 0 Å². The molecule has 1 heterocycles. The highest BCUT2D eigenvalue weighted by atomic mass is 35.5. The standard InChI is InChI=1S/C11H11ClFN5/c1-6-4-7(13)2-3-9(6)16-10-8(12)5-15-11(17-10)18-14/h2-5H,14H2,1H3,(H2,15,16,17,18). The van der Waals surface area contributed by atoms with Gasteiger partial charge in [0.25, 0.3) is 0 Å². The van der Waals surface area contributed by atoms with Crippen LogP contribution in [0.1, 0.15) is 5.56 Å². The predicted octanol–water partition coefficient (Wildman–Crippen LogP) is 2.61. The highest BCUT2D eigenvalue weighted by Gasteiger charge is 2.07. The maximum absolute atomic E-state index is 13.0. The molecule has 2 rings (SSSR count). The van der Waals surface area contributed by atoms with E-state index in [-0.39, 0.29) is 11.8 Å². The van der Waals surface area contributed by atoms with Crippen LogP contribution < -0.4 is 16.6 Å². The van der Waals surface area contributed by atoms with Crippen LogP contribution in [-0.4, -0.2) is 9.97 Å². The summed E-state index contributed by atoms with van der Waals surface area (Å²) in [5.74, 6) is 5.56. The van der Waals surface area contributed by atoms with Gasteiger partial charge in [0.15, 0.2) is 5.82 Å². The number of anilines is 3. The molecular weight excluding hydrogens is 257 g/mol. The van der Waals surface area contributed by atoms with E-state index in [0.29, 0.717) is 16.5 Å². The third-order valence-corrected chi connectivity index (χ3v) is 2.59. The molecule has 0 radical (unpaired) electrons. The molecule has 0 aliphatic rings. The van der Waals surface area contributed by atoms with E-state index in [1.54, 1.807) is 13.0 Å². The first-order valence-corrected chi connectivity index (χ1v) is 5.50. The van der Waals surface area contributed by atoms with Crippen molar-refractivity contribution in [2.75, 3.05) is 10.7 Å². The van der Waals surface area contributed by atoms with Crippen LogP contribution in [0.25, 0.3) is 0 Å². The number of nitrogens with zero attached hydrogens (tertiary/aromatic N) is 2. The fourth-order valence-corrected chi connectivity index (χ4v) is 1.56. The van der Waals surface area contributed by atoms with Gasteiger partial charge in [-0.3, -0.25) is 5.43 Å². The Kier molecular flexibility index (Phi) is 3.59. The van der Waals surface area contributed by atoms with Crippen molar-refractivity contribution in [3.8, 4) is 0 Å². The number of nitrogen functional groups attached to an aromatic ring is 1. The molecule has 0 atom stereocenters. The molecule has 7 heteroatoms. The predicted molar refractivity (Wildman–Crippen MR) is 69.3 cm³/mol. The quantitative estimate of drug-likeness (QED) is 0.589. The molecule has 0 fully saturated rings. The highest BCUT2D eigenvalue weighted by molar-refractivity contribution is 6.32. The van der Waals surface area contributed by atoms with Crippen LogP contribution in [0.3, 0.4) is 0 Å². The maximum atomic E-state index is 13.0. The summed E-state index contributed by atoms with van der Waals surface area (Å²) in [4.78, 5) is 7.92. The van der Waals surface area contributed by atoms with Crippen LogP contribution >= 0.6 is 11.6 Å². The topological polar surface area (TPSA) is 75.9 Å². The van der Waals surface area contributed by atoms with Crippen molar-refractivity contribution in [1.82, 2.24) is 9.97 Å². The van der Waals surface area contributed by atoms with Crippen LogP contribution in [0.15, 0.2) is 24.4 Å². The first kappa shape index (κ1) is 12.5. The van der Waals surface area contributed by atoms with E-state index in [4.69, 9.17) is 17.4 Å². The molecule has 0 unspecified atom stereocenters. The Balaban J connectivity index is 2.33. The first-order valence-electron chi connectivity index (χ1n) is 5.12.